The monoisotopic (exact) mass is 441 g/mol. The smallest absolute Gasteiger partial charge is 0.345 e. The van der Waals surface area contributed by atoms with E-state index < -0.39 is 41.6 Å². The van der Waals surface area contributed by atoms with Crippen LogP contribution >= 0.6 is 7.60 Å². The van der Waals surface area contributed by atoms with E-state index in [4.69, 9.17) is 13.8 Å². The van der Waals surface area contributed by atoms with Gasteiger partial charge >= 0.3 is 13.6 Å². The van der Waals surface area contributed by atoms with Crippen LogP contribution in [0.2, 0.25) is 0 Å². The highest BCUT2D eigenvalue weighted by atomic mass is 31.2. The number of carbonyl (C=O) groups excluding carboxylic acids is 2. The molecule has 1 aliphatic rings. The Morgan fingerprint density at radius 3 is 2.17 bits per heavy atom. The number of benzene rings is 1. The molecule has 0 radical (unpaired) electrons. The quantitative estimate of drug-likeness (QED) is 0.238. The Hall–Kier alpha value is -2.09. The number of esters is 1. The van der Waals surface area contributed by atoms with Gasteiger partial charge in [0.2, 0.25) is 0 Å². The fraction of sp³-hybridized carbons (Fsp3) is 0.600. The van der Waals surface area contributed by atoms with Gasteiger partial charge in [0.25, 0.3) is 5.69 Å². The van der Waals surface area contributed by atoms with Gasteiger partial charge in [-0.2, -0.15) is 0 Å². The average Bonchev–Trinajstić information content (AvgIpc) is 2.64. The molecular weight excluding hydrogens is 413 g/mol. The normalized spacial score (nSPS) is 23.6. The third kappa shape index (κ3) is 4.79. The van der Waals surface area contributed by atoms with E-state index in [0.717, 1.165) is 0 Å². The molecule has 2 rings (SSSR count). The van der Waals surface area contributed by atoms with Crippen LogP contribution in [0.5, 0.6) is 0 Å². The summed E-state index contributed by atoms with van der Waals surface area (Å²) in [6.45, 7) is 8.46. The summed E-state index contributed by atoms with van der Waals surface area (Å²) in [5.74, 6) is -1.62. The summed E-state index contributed by atoms with van der Waals surface area (Å²) < 4.78 is 30.0. The first kappa shape index (κ1) is 24.2. The first-order chi connectivity index (χ1) is 14.0. The number of nitrogens with zero attached hydrogens (tertiary/aromatic N) is 1. The third-order valence-corrected chi connectivity index (χ3v) is 7.85. The Kier molecular flexibility index (Phi) is 7.55. The van der Waals surface area contributed by atoms with Crippen LogP contribution in [0, 0.1) is 21.4 Å². The Labute approximate surface area is 175 Å². The maximum Gasteiger partial charge on any atom is 0.345 e. The second-order valence-corrected chi connectivity index (χ2v) is 9.97. The van der Waals surface area contributed by atoms with Gasteiger partial charge in [0.1, 0.15) is 11.9 Å². The second-order valence-electron chi connectivity index (χ2n) is 7.82. The number of carbonyl (C=O) groups is 2. The summed E-state index contributed by atoms with van der Waals surface area (Å²) in [7, 11) is -3.90. The van der Waals surface area contributed by atoms with Gasteiger partial charge in [-0.3, -0.25) is 19.5 Å². The Morgan fingerprint density at radius 1 is 1.20 bits per heavy atom. The molecule has 1 fully saturated rings. The minimum atomic E-state index is -3.90. The molecule has 3 atom stereocenters. The zero-order valence-corrected chi connectivity index (χ0v) is 18.7. The van der Waals surface area contributed by atoms with Gasteiger partial charge in [-0.15, -0.1) is 0 Å². The predicted octanol–water partition coefficient (Wildman–Crippen LogP) is 4.45. The number of hydrogen-bond acceptors (Lipinski definition) is 8. The average molecular weight is 441 g/mol. The largest absolute Gasteiger partial charge is 0.456 e. The van der Waals surface area contributed by atoms with Gasteiger partial charge in [-0.1, -0.05) is 13.8 Å². The molecule has 0 saturated carbocycles. The van der Waals surface area contributed by atoms with Crippen LogP contribution in [0.15, 0.2) is 24.3 Å². The molecule has 0 N–H and O–H groups in total. The Morgan fingerprint density at radius 2 is 1.73 bits per heavy atom. The number of hydrogen-bond donors (Lipinski definition) is 0. The van der Waals surface area contributed by atoms with Gasteiger partial charge in [0.05, 0.1) is 18.1 Å². The highest BCUT2D eigenvalue weighted by molar-refractivity contribution is 7.55. The van der Waals surface area contributed by atoms with Crippen molar-refractivity contribution in [2.45, 2.75) is 52.8 Å². The zero-order chi connectivity index (χ0) is 22.7. The van der Waals surface area contributed by atoms with E-state index in [1.54, 1.807) is 13.8 Å². The van der Waals surface area contributed by atoms with Crippen LogP contribution in [0.4, 0.5) is 5.69 Å². The lowest BCUT2D eigenvalue weighted by atomic mass is 9.67. The number of non-ortho nitro benzene ring substituents is 1. The molecule has 0 amide bonds. The molecule has 166 valence electrons. The maximum atomic E-state index is 13.5. The summed E-state index contributed by atoms with van der Waals surface area (Å²) >= 11 is 0. The zero-order valence-electron chi connectivity index (χ0n) is 17.8. The minimum Gasteiger partial charge on any atom is -0.456 e. The highest BCUT2D eigenvalue weighted by Crippen LogP contribution is 2.63. The molecule has 0 aliphatic carbocycles. The fourth-order valence-electron chi connectivity index (χ4n) is 3.96. The van der Waals surface area contributed by atoms with Crippen molar-refractivity contribution in [3.8, 4) is 0 Å². The van der Waals surface area contributed by atoms with Crippen molar-refractivity contribution in [1.82, 2.24) is 0 Å². The summed E-state index contributed by atoms with van der Waals surface area (Å²) in [4.78, 5) is 35.5. The van der Waals surface area contributed by atoms with Crippen molar-refractivity contribution in [3.05, 3.63) is 39.9 Å². The topological polar surface area (TPSA) is 122 Å². The molecule has 0 aromatic heterocycles. The Bertz CT molecular complexity index is 841. The third-order valence-electron chi connectivity index (χ3n) is 5.36. The van der Waals surface area contributed by atoms with Crippen LogP contribution in [0.25, 0.3) is 0 Å². The van der Waals surface area contributed by atoms with E-state index in [1.165, 1.54) is 31.2 Å². The van der Waals surface area contributed by atoms with Crippen molar-refractivity contribution in [2.75, 3.05) is 13.2 Å². The lowest BCUT2D eigenvalue weighted by molar-refractivity contribution is -0.384. The molecule has 1 aromatic carbocycles. The van der Waals surface area contributed by atoms with E-state index in [-0.39, 0.29) is 31.1 Å². The van der Waals surface area contributed by atoms with Gasteiger partial charge in [0, 0.05) is 24.0 Å². The molecule has 1 aliphatic heterocycles. The highest BCUT2D eigenvalue weighted by Gasteiger charge is 2.59. The number of rotatable bonds is 9. The molecule has 1 aromatic rings. The summed E-state index contributed by atoms with van der Waals surface area (Å²) in [6.07, 6.45) is -0.802. The standard InChI is InChI=1S/C20H28NO8P/c1-6-27-30(26,28-7-2)17-16(12-13(3)22)20(4,5)18(29-19(17)23)14-8-10-15(11-9-14)21(24)25/h8-11,16-18H,6-7,12H2,1-5H3/t16-,17?,18+/m1/s1. The van der Waals surface area contributed by atoms with Gasteiger partial charge < -0.3 is 18.6 Å². The molecule has 1 heterocycles. The number of ether oxygens (including phenoxy) is 1. The van der Waals surface area contributed by atoms with E-state index >= 15 is 0 Å². The SMILES string of the molecule is CCOP(=O)(OCC)C1C(=O)O[C@@H](c2ccc([N+](=O)[O-])cc2)C(C)(C)[C@@H]1CC(C)=O. The molecule has 0 bridgehead atoms. The van der Waals surface area contributed by atoms with Crippen molar-refractivity contribution in [3.63, 3.8) is 0 Å². The van der Waals surface area contributed by atoms with Crippen LogP contribution in [0.1, 0.15) is 52.7 Å². The van der Waals surface area contributed by atoms with Crippen molar-refractivity contribution < 1.29 is 32.9 Å². The first-order valence-corrected chi connectivity index (χ1v) is 11.4. The molecule has 30 heavy (non-hydrogen) atoms. The predicted molar refractivity (Wildman–Crippen MR) is 109 cm³/mol. The summed E-state index contributed by atoms with van der Waals surface area (Å²) in [5.41, 5.74) is -1.61. The van der Waals surface area contributed by atoms with Gasteiger partial charge in [-0.25, -0.2) is 0 Å². The van der Waals surface area contributed by atoms with E-state index in [0.29, 0.717) is 5.56 Å². The summed E-state index contributed by atoms with van der Waals surface area (Å²) in [5, 5.41) is 10.9. The second kappa shape index (κ2) is 9.37. The van der Waals surface area contributed by atoms with Crippen molar-refractivity contribution >= 4 is 25.0 Å². The maximum absolute atomic E-state index is 13.5. The first-order valence-electron chi connectivity index (χ1n) is 9.81. The van der Waals surface area contributed by atoms with Crippen molar-refractivity contribution in [2.24, 2.45) is 11.3 Å². The number of nitro groups is 1. The molecule has 9 nitrogen and oxygen atoms in total. The van der Waals surface area contributed by atoms with E-state index in [1.807, 2.05) is 13.8 Å². The van der Waals surface area contributed by atoms with E-state index in [2.05, 4.69) is 0 Å². The Balaban J connectivity index is 2.54. The fourth-order valence-corrected chi connectivity index (χ4v) is 6.33. The molecule has 0 spiro atoms. The molecular formula is C20H28NO8P. The van der Waals surface area contributed by atoms with Crippen molar-refractivity contribution in [1.29, 1.82) is 0 Å². The van der Waals surface area contributed by atoms with E-state index in [9.17, 15) is 24.3 Å². The van der Waals surface area contributed by atoms with Crippen LogP contribution in [-0.4, -0.2) is 35.5 Å². The van der Waals surface area contributed by atoms with Crippen LogP contribution in [0.3, 0.4) is 0 Å². The number of Topliss-reactive ketones (excluding diaryl/α,β-unsaturated/α-hetero) is 1. The number of ketones is 1. The summed E-state index contributed by atoms with van der Waals surface area (Å²) in [6, 6.07) is 5.70. The molecule has 10 heteroatoms. The minimum absolute atomic E-state index is 0.0135. The van der Waals surface area contributed by atoms with Crippen LogP contribution < -0.4 is 0 Å². The lowest BCUT2D eigenvalue weighted by Crippen LogP contribution is -2.50. The number of nitro benzene ring substituents is 1. The van der Waals surface area contributed by atoms with Crippen LogP contribution in [-0.2, 0) is 27.9 Å². The lowest BCUT2D eigenvalue weighted by Gasteiger charge is -2.48. The molecule has 1 unspecified atom stereocenters. The van der Waals surface area contributed by atoms with Gasteiger partial charge in [-0.05, 0) is 44.4 Å². The molecule has 1 saturated heterocycles. The van der Waals surface area contributed by atoms with Gasteiger partial charge in [0.15, 0.2) is 5.66 Å². The number of cyclic esters (lactones) is 1.